The lowest BCUT2D eigenvalue weighted by atomic mass is 9.92. The molecule has 0 bridgehead atoms. The fourth-order valence-electron chi connectivity index (χ4n) is 4.96. The number of rotatable bonds is 5. The number of aromatic nitrogens is 6. The number of hydrogen-bond acceptors (Lipinski definition) is 7. The lowest BCUT2D eigenvalue weighted by molar-refractivity contribution is -0.121. The van der Waals surface area contributed by atoms with Crippen molar-refractivity contribution < 1.29 is 19.3 Å². The average Bonchev–Trinajstić information content (AvgIpc) is 3.41. The van der Waals surface area contributed by atoms with Gasteiger partial charge in [0.25, 0.3) is 6.43 Å². The second-order valence-electron chi connectivity index (χ2n) is 9.39. The smallest absolute Gasteiger partial charge is 0.256 e. The van der Waals surface area contributed by atoms with E-state index in [0.29, 0.717) is 46.7 Å². The van der Waals surface area contributed by atoms with Gasteiger partial charge in [0.1, 0.15) is 17.5 Å². The third kappa shape index (κ3) is 4.06. The summed E-state index contributed by atoms with van der Waals surface area (Å²) >= 11 is 0. The summed E-state index contributed by atoms with van der Waals surface area (Å²) in [7, 11) is 0. The molecule has 4 aromatic heterocycles. The summed E-state index contributed by atoms with van der Waals surface area (Å²) in [6.45, 7) is 2.27. The quantitative estimate of drug-likeness (QED) is 0.439. The number of aromatic amines is 1. The fourth-order valence-corrected chi connectivity index (χ4v) is 4.96. The minimum atomic E-state index is -2.55. The Balaban J connectivity index is 1.31. The maximum atomic E-state index is 15.0. The van der Waals surface area contributed by atoms with Crippen LogP contribution in [0, 0.1) is 18.3 Å². The molecular formula is C24H24F3N9O. The molecule has 0 unspecified atom stereocenters. The number of alkyl halides is 3. The summed E-state index contributed by atoms with van der Waals surface area (Å²) in [5.41, 5.74) is 1.66. The summed E-state index contributed by atoms with van der Waals surface area (Å²) in [4.78, 5) is 19.4. The normalized spacial score (nSPS) is 22.9. The standard InChI is InChI=1S/C24H24F3N9O/c1-14-30-19-3-2-17(31-22(19)35(14)10-21(26)27)15-4-7-36-20(15)8-29-23(33-36)32-18-5-6-34(9-16(18)25)24(11-28)12-37-13-24/h2-4,7-8,16,18,21H,5-6,9-10,12-13H2,1H3,(H,32,33)/t16-,18+/m1/s1/i8D. The Morgan fingerprint density at radius 2 is 2.19 bits per heavy atom. The lowest BCUT2D eigenvalue weighted by Crippen LogP contribution is -2.65. The highest BCUT2D eigenvalue weighted by atomic mass is 19.3. The molecule has 0 amide bonds. The topological polar surface area (TPSA) is 112 Å². The molecule has 4 aromatic rings. The Morgan fingerprint density at radius 1 is 1.35 bits per heavy atom. The highest BCUT2D eigenvalue weighted by Gasteiger charge is 2.47. The number of ether oxygens (including phenoxy) is 1. The van der Waals surface area contributed by atoms with Crippen molar-refractivity contribution >= 4 is 16.7 Å². The van der Waals surface area contributed by atoms with Crippen molar-refractivity contribution in [2.75, 3.05) is 26.3 Å². The van der Waals surface area contributed by atoms with Crippen LogP contribution >= 0.6 is 0 Å². The number of nitrogens with zero attached hydrogens (tertiary/aromatic N) is 8. The Labute approximate surface area is 210 Å². The number of pyridine rings is 1. The molecule has 2 atom stereocenters. The monoisotopic (exact) mass is 512 g/mol. The largest absolute Gasteiger partial charge is 0.375 e. The third-order valence-corrected chi connectivity index (χ3v) is 7.04. The van der Waals surface area contributed by atoms with Gasteiger partial charge in [0.2, 0.25) is 5.62 Å². The predicted octanol–water partition coefficient (Wildman–Crippen LogP) is 2.25. The number of fused-ring (bicyclic) bond motifs is 2. The van der Waals surface area contributed by atoms with Gasteiger partial charge in [-0.05, 0) is 31.5 Å². The van der Waals surface area contributed by atoms with E-state index in [1.807, 2.05) is 4.90 Å². The molecule has 1 N–H and O–H groups in total. The number of likely N-dealkylation sites (tertiary alicyclic amines) is 1. The van der Waals surface area contributed by atoms with Gasteiger partial charge in [-0.3, -0.25) is 14.5 Å². The van der Waals surface area contributed by atoms with Crippen molar-refractivity contribution in [2.45, 2.75) is 44.1 Å². The van der Waals surface area contributed by atoms with E-state index in [0.717, 1.165) is 0 Å². The zero-order valence-electron chi connectivity index (χ0n) is 20.9. The number of hydrogen-bond donors (Lipinski definition) is 1. The molecule has 0 aliphatic carbocycles. The summed E-state index contributed by atoms with van der Waals surface area (Å²) in [6.07, 6.45) is -1.86. The van der Waals surface area contributed by atoms with Crippen LogP contribution in [0.3, 0.4) is 0 Å². The molecule has 0 radical (unpaired) electrons. The first-order valence-electron chi connectivity index (χ1n) is 12.4. The number of aryl methyl sites for hydroxylation is 1. The predicted molar refractivity (Wildman–Crippen MR) is 126 cm³/mol. The van der Waals surface area contributed by atoms with Crippen LogP contribution in [0.4, 0.5) is 13.2 Å². The lowest BCUT2D eigenvalue weighted by Gasteiger charge is -2.47. The molecule has 6 rings (SSSR count). The summed E-state index contributed by atoms with van der Waals surface area (Å²) in [5, 5.41) is 12.5. The van der Waals surface area contributed by atoms with Crippen LogP contribution in [-0.4, -0.2) is 84.5 Å². The third-order valence-electron chi connectivity index (χ3n) is 7.04. The van der Waals surface area contributed by atoms with Gasteiger partial charge in [-0.15, -0.1) is 0 Å². The van der Waals surface area contributed by atoms with Crippen LogP contribution in [0.2, 0.25) is 0 Å². The minimum Gasteiger partial charge on any atom is -0.375 e. The van der Waals surface area contributed by atoms with E-state index >= 15 is 4.39 Å². The maximum Gasteiger partial charge on any atom is 0.256 e. The van der Waals surface area contributed by atoms with Crippen LogP contribution in [0.1, 0.15) is 13.6 Å². The van der Waals surface area contributed by atoms with E-state index in [1.54, 1.807) is 35.8 Å². The summed E-state index contributed by atoms with van der Waals surface area (Å²) in [6, 6.07) is 6.75. The van der Waals surface area contributed by atoms with Crippen LogP contribution in [-0.2, 0) is 11.3 Å². The van der Waals surface area contributed by atoms with Crippen molar-refractivity contribution in [1.82, 2.24) is 34.0 Å². The molecule has 10 nitrogen and oxygen atoms in total. The average molecular weight is 513 g/mol. The first-order chi connectivity index (χ1) is 18.3. The Bertz CT molecular complexity index is 1630. The molecule has 0 aromatic carbocycles. The molecule has 2 aliphatic rings. The molecule has 0 saturated carbocycles. The van der Waals surface area contributed by atoms with E-state index in [4.69, 9.17) is 6.11 Å². The van der Waals surface area contributed by atoms with E-state index in [2.05, 4.69) is 31.1 Å². The van der Waals surface area contributed by atoms with Crippen LogP contribution < -0.4 is 5.62 Å². The van der Waals surface area contributed by atoms with Crippen LogP contribution in [0.15, 0.2) is 35.6 Å². The van der Waals surface area contributed by atoms with E-state index in [-0.39, 0.29) is 31.5 Å². The molecule has 6 heterocycles. The number of nitrogens with one attached hydrogen (secondary N) is 1. The number of piperidine rings is 1. The van der Waals surface area contributed by atoms with Gasteiger partial charge < -0.3 is 9.30 Å². The first kappa shape index (κ1) is 22.4. The number of H-pyrrole nitrogens is 1. The van der Waals surface area contributed by atoms with Gasteiger partial charge in [-0.25, -0.2) is 33.1 Å². The Kier molecular flexibility index (Phi) is 5.44. The SMILES string of the molecule is [2H]c1nc(=N[C@H]2CCN(C3(C#N)COC3)C[C@H]2F)[nH]n2ccc(-c3ccc4nc(C)n(CC(F)F)c4n3)c12. The zero-order valence-corrected chi connectivity index (χ0v) is 19.9. The van der Waals surface area contributed by atoms with E-state index < -0.39 is 30.7 Å². The Morgan fingerprint density at radius 3 is 2.89 bits per heavy atom. The molecule has 2 aliphatic heterocycles. The van der Waals surface area contributed by atoms with E-state index in [1.165, 1.54) is 4.57 Å². The molecule has 192 valence electrons. The molecule has 13 heteroatoms. The minimum absolute atomic E-state index is 0.0739. The highest BCUT2D eigenvalue weighted by molar-refractivity contribution is 5.82. The van der Waals surface area contributed by atoms with Crippen molar-refractivity contribution in [3.8, 4) is 17.3 Å². The molecular weight excluding hydrogens is 487 g/mol. The van der Waals surface area contributed by atoms with Gasteiger partial charge >= 0.3 is 0 Å². The second kappa shape index (κ2) is 8.97. The van der Waals surface area contributed by atoms with Gasteiger partial charge in [-0.2, -0.15) is 5.26 Å². The van der Waals surface area contributed by atoms with Gasteiger partial charge in [0.05, 0.1) is 50.6 Å². The fraction of sp³-hybridized carbons (Fsp3) is 0.458. The van der Waals surface area contributed by atoms with Crippen molar-refractivity contribution in [3.63, 3.8) is 0 Å². The van der Waals surface area contributed by atoms with E-state index in [9.17, 15) is 14.0 Å². The van der Waals surface area contributed by atoms with Gasteiger partial charge in [0.15, 0.2) is 11.2 Å². The molecule has 37 heavy (non-hydrogen) atoms. The number of nitriles is 1. The maximum absolute atomic E-state index is 15.0. The Hall–Kier alpha value is -3.76. The van der Waals surface area contributed by atoms with Crippen LogP contribution in [0.5, 0.6) is 0 Å². The van der Waals surface area contributed by atoms with Crippen molar-refractivity contribution in [2.24, 2.45) is 4.99 Å². The molecule has 0 spiro atoms. The highest BCUT2D eigenvalue weighted by Crippen LogP contribution is 2.30. The van der Waals surface area contributed by atoms with Gasteiger partial charge in [-0.1, -0.05) is 0 Å². The summed E-state index contributed by atoms with van der Waals surface area (Å²) < 4.78 is 57.9. The number of imidazole rings is 1. The van der Waals surface area contributed by atoms with Crippen molar-refractivity contribution in [1.29, 1.82) is 5.26 Å². The van der Waals surface area contributed by atoms with Crippen molar-refractivity contribution in [3.05, 3.63) is 42.0 Å². The first-order valence-corrected chi connectivity index (χ1v) is 11.9. The zero-order chi connectivity index (χ0) is 26.6. The summed E-state index contributed by atoms with van der Waals surface area (Å²) in [5.74, 6) is 0.440. The second-order valence-corrected chi connectivity index (χ2v) is 9.39. The van der Waals surface area contributed by atoms with Crippen LogP contribution in [0.25, 0.3) is 27.9 Å². The molecule has 2 saturated heterocycles. The molecule has 2 fully saturated rings. The van der Waals surface area contributed by atoms with Gasteiger partial charge in [0, 0.05) is 24.8 Å². The number of halogens is 3.